The van der Waals surface area contributed by atoms with Crippen LogP contribution in [0.2, 0.25) is 0 Å². The van der Waals surface area contributed by atoms with Gasteiger partial charge in [-0.25, -0.2) is 0 Å². The second-order valence-corrected chi connectivity index (χ2v) is 19.8. The number of benzene rings is 10. The summed E-state index contributed by atoms with van der Waals surface area (Å²) in [5.41, 5.74) is 22.1. The number of rotatable bonds is 10. The van der Waals surface area contributed by atoms with Gasteiger partial charge in [-0.15, -0.1) is 0 Å². The van der Waals surface area contributed by atoms with Gasteiger partial charge in [-0.05, 0) is 150 Å². The molecule has 0 spiro atoms. The van der Waals surface area contributed by atoms with Crippen molar-refractivity contribution in [2.45, 2.75) is 38.5 Å². The fourth-order valence-electron chi connectivity index (χ4n) is 11.2. The van der Waals surface area contributed by atoms with E-state index in [0.29, 0.717) is 0 Å². The minimum absolute atomic E-state index is 0.167. The summed E-state index contributed by atoms with van der Waals surface area (Å²) in [6, 6.07) is 84.0. The number of nitrogens with zero attached hydrogens (tertiary/aromatic N) is 2. The number of fused-ring (bicyclic) bond motifs is 7. The van der Waals surface area contributed by atoms with E-state index in [0.717, 1.165) is 34.1 Å². The first-order chi connectivity index (χ1) is 34.2. The first kappa shape index (κ1) is 42.9. The zero-order valence-corrected chi connectivity index (χ0v) is 40.1. The van der Waals surface area contributed by atoms with Crippen LogP contribution in [-0.2, 0) is 10.8 Å². The smallest absolute Gasteiger partial charge is 0.0465 e. The SMILES string of the molecule is CC1(C)c2cc(/C=C/c3cccc4c(/C=C/c5ccc6c(c5)C(C)(C)c5cc(N(c7ccccc7)c7ccccc7)ccc5-6)cccc34)ccc2-c2ccc(N(c3ccccc3)c3ccccc3)cc21. The van der Waals surface area contributed by atoms with Crippen LogP contribution in [0.1, 0.15) is 72.2 Å². The van der Waals surface area contributed by atoms with E-state index in [2.05, 4.69) is 292 Å². The number of anilines is 6. The summed E-state index contributed by atoms with van der Waals surface area (Å²) in [5, 5.41) is 2.48. The highest BCUT2D eigenvalue weighted by molar-refractivity contribution is 5.99. The molecule has 0 saturated carbocycles. The molecule has 0 atom stereocenters. The Hall–Kier alpha value is -8.46. The van der Waals surface area contributed by atoms with Crippen LogP contribution in [0.25, 0.3) is 57.3 Å². The molecule has 2 nitrogen and oxygen atoms in total. The van der Waals surface area contributed by atoms with Crippen molar-refractivity contribution < 1.29 is 0 Å². The Kier molecular flexibility index (Phi) is 10.6. The molecule has 0 N–H and O–H groups in total. The van der Waals surface area contributed by atoms with Crippen molar-refractivity contribution in [3.8, 4) is 22.3 Å². The van der Waals surface area contributed by atoms with Gasteiger partial charge in [0.15, 0.2) is 0 Å². The summed E-state index contributed by atoms with van der Waals surface area (Å²) in [6.45, 7) is 9.48. The van der Waals surface area contributed by atoms with Crippen LogP contribution in [-0.4, -0.2) is 0 Å². The van der Waals surface area contributed by atoms with E-state index in [-0.39, 0.29) is 10.8 Å². The Labute approximate surface area is 412 Å². The van der Waals surface area contributed by atoms with E-state index in [4.69, 9.17) is 0 Å². The van der Waals surface area contributed by atoms with Crippen molar-refractivity contribution in [3.63, 3.8) is 0 Å². The molecule has 0 aromatic heterocycles. The van der Waals surface area contributed by atoms with Crippen LogP contribution in [0.3, 0.4) is 0 Å². The molecule has 0 unspecified atom stereocenters. The molecule has 0 saturated heterocycles. The standard InChI is InChI=1S/C68H54N2/c1-67(2)63-43-47(33-39-59(63)61-41-37-55(45-65(61)67)69(51-21-9-5-10-22-51)52-23-11-6-12-24-52)31-35-49-19-17-30-58-50(20-18-29-57(49)58)36-32-48-34-40-60-62-42-38-56(46-66(62)68(3,4)64(60)44-48)70(53-25-13-7-14-26-53)54-27-15-8-16-28-54/h5-46H,1-4H3/b35-31+,36-32+. The lowest BCUT2D eigenvalue weighted by Gasteiger charge is -2.28. The molecule has 0 radical (unpaired) electrons. The van der Waals surface area contributed by atoms with Gasteiger partial charge in [-0.1, -0.05) is 210 Å². The molecule has 2 heteroatoms. The van der Waals surface area contributed by atoms with Crippen LogP contribution in [0.4, 0.5) is 34.1 Å². The van der Waals surface area contributed by atoms with E-state index in [1.807, 2.05) is 0 Å². The topological polar surface area (TPSA) is 6.48 Å². The zero-order valence-electron chi connectivity index (χ0n) is 40.1. The molecular formula is C68H54N2. The Balaban J connectivity index is 0.805. The van der Waals surface area contributed by atoms with Crippen molar-refractivity contribution in [2.75, 3.05) is 9.80 Å². The molecule has 0 aliphatic heterocycles. The van der Waals surface area contributed by atoms with Gasteiger partial charge in [0, 0.05) is 45.0 Å². The quantitative estimate of drug-likeness (QED) is 0.126. The summed E-state index contributed by atoms with van der Waals surface area (Å²) in [7, 11) is 0. The van der Waals surface area contributed by atoms with E-state index in [9.17, 15) is 0 Å². The van der Waals surface area contributed by atoms with Crippen LogP contribution < -0.4 is 9.80 Å². The van der Waals surface area contributed by atoms with Crippen molar-refractivity contribution >= 4 is 69.2 Å². The van der Waals surface area contributed by atoms with Gasteiger partial charge in [-0.3, -0.25) is 0 Å². The Morgan fingerprint density at radius 2 is 0.586 bits per heavy atom. The Morgan fingerprint density at radius 1 is 0.271 bits per heavy atom. The molecule has 0 fully saturated rings. The fraction of sp³-hybridized carbons (Fsp3) is 0.0882. The molecular weight excluding hydrogens is 845 g/mol. The summed E-state index contributed by atoms with van der Waals surface area (Å²) in [6.07, 6.45) is 9.13. The number of para-hydroxylation sites is 4. The summed E-state index contributed by atoms with van der Waals surface area (Å²) >= 11 is 0. The predicted molar refractivity (Wildman–Crippen MR) is 299 cm³/mol. The second kappa shape index (κ2) is 17.3. The molecule has 0 heterocycles. The lowest BCUT2D eigenvalue weighted by Crippen LogP contribution is -2.16. The number of hydrogen-bond donors (Lipinski definition) is 0. The van der Waals surface area contributed by atoms with Gasteiger partial charge in [0.25, 0.3) is 0 Å². The minimum Gasteiger partial charge on any atom is -0.310 e. The third kappa shape index (κ3) is 7.45. The Bertz CT molecular complexity index is 3320. The summed E-state index contributed by atoms with van der Waals surface area (Å²) in [5.74, 6) is 0. The maximum atomic E-state index is 2.40. The molecule has 2 aliphatic rings. The Morgan fingerprint density at radius 3 is 0.929 bits per heavy atom. The molecule has 10 aromatic carbocycles. The van der Waals surface area contributed by atoms with Crippen molar-refractivity contribution in [2.24, 2.45) is 0 Å². The normalized spacial score (nSPS) is 13.8. The molecule has 0 amide bonds. The highest BCUT2D eigenvalue weighted by atomic mass is 15.1. The van der Waals surface area contributed by atoms with Gasteiger partial charge < -0.3 is 9.80 Å². The van der Waals surface area contributed by atoms with Crippen molar-refractivity contribution in [3.05, 3.63) is 275 Å². The third-order valence-corrected chi connectivity index (χ3v) is 14.8. The van der Waals surface area contributed by atoms with Crippen molar-refractivity contribution in [1.29, 1.82) is 0 Å². The molecule has 336 valence electrons. The third-order valence-electron chi connectivity index (χ3n) is 14.8. The lowest BCUT2D eigenvalue weighted by molar-refractivity contribution is 0.660. The van der Waals surface area contributed by atoms with Gasteiger partial charge in [0.1, 0.15) is 0 Å². The van der Waals surface area contributed by atoms with Gasteiger partial charge in [0.05, 0.1) is 0 Å². The van der Waals surface area contributed by atoms with Gasteiger partial charge >= 0.3 is 0 Å². The maximum absolute atomic E-state index is 2.40. The molecule has 70 heavy (non-hydrogen) atoms. The highest BCUT2D eigenvalue weighted by Gasteiger charge is 2.37. The average Bonchev–Trinajstić information content (AvgIpc) is 3.76. The van der Waals surface area contributed by atoms with Crippen LogP contribution in [0, 0.1) is 0 Å². The molecule has 2 aliphatic carbocycles. The lowest BCUT2D eigenvalue weighted by atomic mass is 9.81. The second-order valence-electron chi connectivity index (χ2n) is 19.8. The van der Waals surface area contributed by atoms with E-state index in [1.165, 1.54) is 77.5 Å². The van der Waals surface area contributed by atoms with Crippen LogP contribution in [0.5, 0.6) is 0 Å². The first-order valence-corrected chi connectivity index (χ1v) is 24.5. The minimum atomic E-state index is -0.167. The molecule has 12 rings (SSSR count). The van der Waals surface area contributed by atoms with E-state index >= 15 is 0 Å². The van der Waals surface area contributed by atoms with E-state index in [1.54, 1.807) is 0 Å². The largest absolute Gasteiger partial charge is 0.310 e. The number of hydrogen-bond acceptors (Lipinski definition) is 2. The summed E-state index contributed by atoms with van der Waals surface area (Å²) < 4.78 is 0. The van der Waals surface area contributed by atoms with Crippen LogP contribution in [0.15, 0.2) is 231 Å². The zero-order chi connectivity index (χ0) is 47.4. The highest BCUT2D eigenvalue weighted by Crippen LogP contribution is 2.53. The summed E-state index contributed by atoms with van der Waals surface area (Å²) in [4.78, 5) is 4.71. The van der Waals surface area contributed by atoms with E-state index < -0.39 is 0 Å². The fourth-order valence-corrected chi connectivity index (χ4v) is 11.2. The first-order valence-electron chi connectivity index (χ1n) is 24.5. The van der Waals surface area contributed by atoms with Gasteiger partial charge in [-0.2, -0.15) is 0 Å². The monoisotopic (exact) mass is 898 g/mol. The maximum Gasteiger partial charge on any atom is 0.0465 e. The van der Waals surface area contributed by atoms with Crippen LogP contribution >= 0.6 is 0 Å². The van der Waals surface area contributed by atoms with Crippen molar-refractivity contribution in [1.82, 2.24) is 0 Å². The molecule has 0 bridgehead atoms. The molecule has 10 aromatic rings. The predicted octanol–water partition coefficient (Wildman–Crippen LogP) is 18.7. The van der Waals surface area contributed by atoms with Gasteiger partial charge in [0.2, 0.25) is 0 Å². The average molecular weight is 899 g/mol.